The Morgan fingerprint density at radius 3 is 2.65 bits per heavy atom. The number of ether oxygens (including phenoxy) is 2. The normalized spacial score (nSPS) is 23.2. The Morgan fingerprint density at radius 2 is 2.06 bits per heavy atom. The molecule has 0 bridgehead atoms. The largest absolute Gasteiger partial charge is 0.497 e. The molecule has 1 aliphatic carbocycles. The quantitative estimate of drug-likeness (QED) is 0.752. The Bertz CT molecular complexity index is 431. The van der Waals surface area contributed by atoms with Gasteiger partial charge in [-0.1, -0.05) is 13.8 Å². The minimum absolute atomic E-state index is 0.0752. The molecule has 0 amide bonds. The van der Waals surface area contributed by atoms with Crippen LogP contribution in [0.2, 0.25) is 0 Å². The zero-order valence-electron chi connectivity index (χ0n) is 10.7. The molecule has 92 valence electrons. The van der Waals surface area contributed by atoms with Crippen LogP contribution in [0.4, 0.5) is 0 Å². The van der Waals surface area contributed by atoms with Gasteiger partial charge >= 0.3 is 0 Å². The molecule has 0 radical (unpaired) electrons. The van der Waals surface area contributed by atoms with Crippen molar-refractivity contribution in [3.05, 3.63) is 34.9 Å². The Kier molecular flexibility index (Phi) is 3.31. The summed E-state index contributed by atoms with van der Waals surface area (Å²) in [6.45, 7) is 4.32. The van der Waals surface area contributed by atoms with E-state index in [0.717, 1.165) is 17.9 Å². The highest BCUT2D eigenvalue weighted by Gasteiger charge is 2.29. The van der Waals surface area contributed by atoms with Crippen molar-refractivity contribution in [1.82, 2.24) is 0 Å². The van der Waals surface area contributed by atoms with Crippen molar-refractivity contribution >= 4 is 0 Å². The molecule has 0 aromatic heterocycles. The van der Waals surface area contributed by atoms with Crippen molar-refractivity contribution < 1.29 is 9.47 Å². The smallest absolute Gasteiger partial charge is 0.156 e. The molecule has 4 nitrogen and oxygen atoms in total. The van der Waals surface area contributed by atoms with Crippen LogP contribution in [-0.4, -0.2) is 20.3 Å². The van der Waals surface area contributed by atoms with Gasteiger partial charge in [-0.2, -0.15) is 10.2 Å². The third-order valence-electron chi connectivity index (χ3n) is 3.12. The highest BCUT2D eigenvalue weighted by atomic mass is 16.5. The number of azo groups is 1. The number of hydrogen-bond acceptors (Lipinski definition) is 4. The number of fused-ring (bicyclic) bond motifs is 1. The summed E-state index contributed by atoms with van der Waals surface area (Å²) in [5.41, 5.74) is 2.43. The minimum atomic E-state index is 0.0752. The van der Waals surface area contributed by atoms with Crippen molar-refractivity contribution in [2.75, 3.05) is 14.2 Å². The summed E-state index contributed by atoms with van der Waals surface area (Å²) < 4.78 is 10.7. The van der Waals surface area contributed by atoms with Crippen molar-refractivity contribution in [1.29, 1.82) is 0 Å². The van der Waals surface area contributed by atoms with Crippen molar-refractivity contribution in [3.8, 4) is 0 Å². The molecule has 1 unspecified atom stereocenters. The lowest BCUT2D eigenvalue weighted by atomic mass is 9.85. The standard InChI is InChI=1S/C13H18N2O2/c1-8(2)10-7-14-15-11-6-13(17-4)12(16-3)5-9(10)11/h5,7-8,11H,6H2,1-4H3. The van der Waals surface area contributed by atoms with Crippen LogP contribution in [0.5, 0.6) is 0 Å². The van der Waals surface area contributed by atoms with E-state index in [0.29, 0.717) is 5.92 Å². The molecule has 0 spiro atoms. The van der Waals surface area contributed by atoms with Crippen LogP contribution in [0.25, 0.3) is 0 Å². The predicted molar refractivity (Wildman–Crippen MR) is 65.3 cm³/mol. The van der Waals surface area contributed by atoms with Gasteiger partial charge in [-0.3, -0.25) is 0 Å². The maximum atomic E-state index is 5.35. The first kappa shape index (κ1) is 11.9. The summed E-state index contributed by atoms with van der Waals surface area (Å²) >= 11 is 0. The topological polar surface area (TPSA) is 43.2 Å². The van der Waals surface area contributed by atoms with Crippen LogP contribution in [-0.2, 0) is 9.47 Å². The fourth-order valence-electron chi connectivity index (χ4n) is 2.17. The monoisotopic (exact) mass is 234 g/mol. The molecule has 0 saturated carbocycles. The van der Waals surface area contributed by atoms with Gasteiger partial charge in [0.05, 0.1) is 20.4 Å². The second kappa shape index (κ2) is 4.73. The third kappa shape index (κ3) is 2.12. The molecule has 0 aromatic rings. The van der Waals surface area contributed by atoms with Gasteiger partial charge in [-0.05, 0) is 23.1 Å². The Hall–Kier alpha value is -1.58. The van der Waals surface area contributed by atoms with E-state index in [9.17, 15) is 0 Å². The van der Waals surface area contributed by atoms with Crippen LogP contribution < -0.4 is 0 Å². The van der Waals surface area contributed by atoms with E-state index in [4.69, 9.17) is 9.47 Å². The third-order valence-corrected chi connectivity index (χ3v) is 3.12. The summed E-state index contributed by atoms with van der Waals surface area (Å²) in [7, 11) is 3.32. The van der Waals surface area contributed by atoms with E-state index < -0.39 is 0 Å². The highest BCUT2D eigenvalue weighted by molar-refractivity contribution is 5.45. The molecule has 1 atom stereocenters. The fourth-order valence-corrected chi connectivity index (χ4v) is 2.17. The van der Waals surface area contributed by atoms with E-state index >= 15 is 0 Å². The summed E-state index contributed by atoms with van der Waals surface area (Å²) in [5.74, 6) is 2.07. The van der Waals surface area contributed by atoms with E-state index in [2.05, 4.69) is 24.1 Å². The molecule has 0 N–H and O–H groups in total. The van der Waals surface area contributed by atoms with Crippen molar-refractivity contribution in [3.63, 3.8) is 0 Å². The number of rotatable bonds is 3. The molecule has 17 heavy (non-hydrogen) atoms. The van der Waals surface area contributed by atoms with Crippen molar-refractivity contribution in [2.24, 2.45) is 16.1 Å². The fraction of sp³-hybridized carbons (Fsp3) is 0.538. The first-order chi connectivity index (χ1) is 8.17. The van der Waals surface area contributed by atoms with Gasteiger partial charge in [0.2, 0.25) is 0 Å². The lowest BCUT2D eigenvalue weighted by Gasteiger charge is -2.28. The van der Waals surface area contributed by atoms with Gasteiger partial charge in [0, 0.05) is 6.42 Å². The maximum Gasteiger partial charge on any atom is 0.156 e. The van der Waals surface area contributed by atoms with Gasteiger partial charge in [0.1, 0.15) is 11.8 Å². The molecule has 0 saturated heterocycles. The molecular weight excluding hydrogens is 216 g/mol. The first-order valence-corrected chi connectivity index (χ1v) is 5.80. The van der Waals surface area contributed by atoms with E-state index in [-0.39, 0.29) is 6.04 Å². The second-order valence-electron chi connectivity index (χ2n) is 4.49. The van der Waals surface area contributed by atoms with Gasteiger partial charge in [-0.15, -0.1) is 0 Å². The lowest BCUT2D eigenvalue weighted by Crippen LogP contribution is -2.21. The molecule has 0 aromatic carbocycles. The summed E-state index contributed by atoms with van der Waals surface area (Å²) in [4.78, 5) is 0. The summed E-state index contributed by atoms with van der Waals surface area (Å²) in [6, 6.07) is 0.0752. The zero-order chi connectivity index (χ0) is 12.4. The number of methoxy groups -OCH3 is 2. The number of hydrogen-bond donors (Lipinski definition) is 0. The minimum Gasteiger partial charge on any atom is -0.497 e. The average Bonchev–Trinajstić information content (AvgIpc) is 2.35. The average molecular weight is 234 g/mol. The van der Waals surface area contributed by atoms with Crippen LogP contribution in [0.1, 0.15) is 20.3 Å². The van der Waals surface area contributed by atoms with E-state index in [1.807, 2.05) is 12.3 Å². The molecule has 4 heteroatoms. The number of nitrogens with zero attached hydrogens (tertiary/aromatic N) is 2. The van der Waals surface area contributed by atoms with Gasteiger partial charge in [0.25, 0.3) is 0 Å². The Labute approximate surface area is 102 Å². The SMILES string of the molecule is COC1=C(OC)CC2N=NC=C(C(C)C)C2=C1. The summed E-state index contributed by atoms with van der Waals surface area (Å²) in [5, 5.41) is 8.35. The van der Waals surface area contributed by atoms with Crippen LogP contribution >= 0.6 is 0 Å². The zero-order valence-corrected chi connectivity index (χ0v) is 10.7. The van der Waals surface area contributed by atoms with Crippen LogP contribution in [0, 0.1) is 5.92 Å². The molecule has 0 fully saturated rings. The number of allylic oxidation sites excluding steroid dienone is 1. The van der Waals surface area contributed by atoms with E-state index in [1.54, 1.807) is 14.2 Å². The maximum absolute atomic E-state index is 5.35. The van der Waals surface area contributed by atoms with Crippen LogP contribution in [0.3, 0.4) is 0 Å². The highest BCUT2D eigenvalue weighted by Crippen LogP contribution is 2.36. The molecule has 2 rings (SSSR count). The predicted octanol–water partition coefficient (Wildman–Crippen LogP) is 3.20. The van der Waals surface area contributed by atoms with Crippen molar-refractivity contribution in [2.45, 2.75) is 26.3 Å². The van der Waals surface area contributed by atoms with E-state index in [1.165, 1.54) is 11.1 Å². The lowest BCUT2D eigenvalue weighted by molar-refractivity contribution is 0.213. The molecule has 1 aliphatic heterocycles. The molecular formula is C13H18N2O2. The second-order valence-corrected chi connectivity index (χ2v) is 4.49. The van der Waals surface area contributed by atoms with Gasteiger partial charge in [0.15, 0.2) is 5.76 Å². The molecule has 2 aliphatic rings. The Balaban J connectivity index is 2.41. The molecule has 1 heterocycles. The summed E-state index contributed by atoms with van der Waals surface area (Å²) in [6.07, 6.45) is 4.59. The Morgan fingerprint density at radius 1 is 1.29 bits per heavy atom. The first-order valence-electron chi connectivity index (χ1n) is 5.80. The van der Waals surface area contributed by atoms with Crippen LogP contribution in [0.15, 0.2) is 45.2 Å². The van der Waals surface area contributed by atoms with Gasteiger partial charge < -0.3 is 9.47 Å². The van der Waals surface area contributed by atoms with Gasteiger partial charge in [-0.25, -0.2) is 0 Å².